The monoisotopic (exact) mass is 523 g/mol. The lowest BCUT2D eigenvalue weighted by molar-refractivity contribution is -0.00105. The number of morpholine rings is 1. The molecule has 182 valence electrons. The van der Waals surface area contributed by atoms with Crippen LogP contribution in [0.25, 0.3) is 10.9 Å². The SMILES string of the molecule is O=S(=O)(Nc1ccc(Cl)c2c(Cl)c[nH]c12)c1cccc(OC2CCC(N3CCOCC3)CC2)c1. The Morgan fingerprint density at radius 3 is 2.56 bits per heavy atom. The molecule has 3 aromatic rings. The second-order valence-electron chi connectivity index (χ2n) is 8.76. The normalized spacial score (nSPS) is 22.1. The first-order chi connectivity index (χ1) is 16.4. The van der Waals surface area contributed by atoms with Gasteiger partial charge in [-0.15, -0.1) is 0 Å². The zero-order valence-corrected chi connectivity index (χ0v) is 20.9. The van der Waals surface area contributed by atoms with Crippen LogP contribution in [0, 0.1) is 0 Å². The van der Waals surface area contributed by atoms with Gasteiger partial charge in [-0.3, -0.25) is 9.62 Å². The minimum atomic E-state index is -3.85. The fourth-order valence-corrected chi connectivity index (χ4v) is 6.50. The van der Waals surface area contributed by atoms with Crippen molar-refractivity contribution in [2.75, 3.05) is 31.0 Å². The second-order valence-corrected chi connectivity index (χ2v) is 11.3. The van der Waals surface area contributed by atoms with Crippen molar-refractivity contribution in [2.45, 2.75) is 42.7 Å². The number of aromatic nitrogens is 1. The fourth-order valence-electron chi connectivity index (χ4n) is 4.84. The Morgan fingerprint density at radius 1 is 1.03 bits per heavy atom. The molecule has 1 aliphatic carbocycles. The van der Waals surface area contributed by atoms with Crippen LogP contribution in [-0.4, -0.2) is 56.8 Å². The molecule has 2 heterocycles. The van der Waals surface area contributed by atoms with Crippen molar-refractivity contribution in [3.05, 3.63) is 52.6 Å². The average molecular weight is 524 g/mol. The molecule has 5 rings (SSSR count). The van der Waals surface area contributed by atoms with Crippen LogP contribution in [0.4, 0.5) is 5.69 Å². The molecule has 0 unspecified atom stereocenters. The number of sulfonamides is 1. The Kier molecular flexibility index (Phi) is 6.95. The van der Waals surface area contributed by atoms with E-state index in [0.29, 0.717) is 38.4 Å². The van der Waals surface area contributed by atoms with Crippen molar-refractivity contribution < 1.29 is 17.9 Å². The standard InChI is InChI=1S/C24H27Cl2N3O4S/c25-20-8-9-22(24-23(20)21(26)15-27-24)28-34(30,31)19-3-1-2-18(14-19)33-17-6-4-16(5-7-17)29-10-12-32-13-11-29/h1-3,8-9,14-17,27-28H,4-7,10-13H2. The summed E-state index contributed by atoms with van der Waals surface area (Å²) in [6, 6.07) is 10.4. The summed E-state index contributed by atoms with van der Waals surface area (Å²) in [4.78, 5) is 5.64. The van der Waals surface area contributed by atoms with E-state index in [2.05, 4.69) is 14.6 Å². The molecule has 1 aromatic heterocycles. The van der Waals surface area contributed by atoms with Gasteiger partial charge in [0.2, 0.25) is 0 Å². The Labute approximate surface area is 209 Å². The molecule has 1 saturated heterocycles. The van der Waals surface area contributed by atoms with E-state index in [9.17, 15) is 8.42 Å². The lowest BCUT2D eigenvalue weighted by Gasteiger charge is -2.38. The topological polar surface area (TPSA) is 83.7 Å². The fraction of sp³-hybridized carbons (Fsp3) is 0.417. The van der Waals surface area contributed by atoms with Gasteiger partial charge >= 0.3 is 0 Å². The van der Waals surface area contributed by atoms with Crippen molar-refractivity contribution in [1.82, 2.24) is 9.88 Å². The third-order valence-corrected chi connectivity index (χ3v) is 8.58. The summed E-state index contributed by atoms with van der Waals surface area (Å²) in [6.45, 7) is 3.61. The number of hydrogen-bond donors (Lipinski definition) is 2. The zero-order valence-electron chi connectivity index (χ0n) is 18.6. The number of nitrogens with one attached hydrogen (secondary N) is 2. The van der Waals surface area contributed by atoms with Crippen LogP contribution < -0.4 is 9.46 Å². The Bertz CT molecular complexity index is 1270. The van der Waals surface area contributed by atoms with Crippen LogP contribution >= 0.6 is 23.2 Å². The number of H-pyrrole nitrogens is 1. The molecule has 10 heteroatoms. The number of fused-ring (bicyclic) bond motifs is 1. The number of benzene rings is 2. The minimum Gasteiger partial charge on any atom is -0.490 e. The summed E-state index contributed by atoms with van der Waals surface area (Å²) in [5.41, 5.74) is 0.907. The van der Waals surface area contributed by atoms with E-state index in [0.717, 1.165) is 52.0 Å². The van der Waals surface area contributed by atoms with Gasteiger partial charge in [0, 0.05) is 36.8 Å². The molecular weight excluding hydrogens is 497 g/mol. The number of aromatic amines is 1. The predicted molar refractivity (Wildman–Crippen MR) is 135 cm³/mol. The number of nitrogens with zero attached hydrogens (tertiary/aromatic N) is 1. The Balaban J connectivity index is 1.26. The molecule has 0 atom stereocenters. The van der Waals surface area contributed by atoms with E-state index < -0.39 is 10.0 Å². The van der Waals surface area contributed by atoms with Crippen molar-refractivity contribution in [2.24, 2.45) is 0 Å². The summed E-state index contributed by atoms with van der Waals surface area (Å²) in [7, 11) is -3.85. The molecule has 0 bridgehead atoms. The first kappa shape index (κ1) is 23.8. The summed E-state index contributed by atoms with van der Waals surface area (Å²) < 4.78 is 40.6. The average Bonchev–Trinajstić information content (AvgIpc) is 3.25. The number of hydrogen-bond acceptors (Lipinski definition) is 5. The molecular formula is C24H27Cl2N3O4S. The molecule has 1 aliphatic heterocycles. The number of anilines is 1. The highest BCUT2D eigenvalue weighted by molar-refractivity contribution is 7.92. The second kappa shape index (κ2) is 9.95. The number of halogens is 2. The Morgan fingerprint density at radius 2 is 1.79 bits per heavy atom. The highest BCUT2D eigenvalue weighted by atomic mass is 35.5. The van der Waals surface area contributed by atoms with Crippen LogP contribution in [0.2, 0.25) is 10.0 Å². The highest BCUT2D eigenvalue weighted by Crippen LogP contribution is 2.36. The highest BCUT2D eigenvalue weighted by Gasteiger charge is 2.28. The number of ether oxygens (including phenoxy) is 2. The third-order valence-electron chi connectivity index (χ3n) is 6.61. The molecule has 1 saturated carbocycles. The zero-order chi connectivity index (χ0) is 23.7. The van der Waals surface area contributed by atoms with Gasteiger partial charge in [0.25, 0.3) is 10.0 Å². The van der Waals surface area contributed by atoms with Gasteiger partial charge in [0.1, 0.15) is 5.75 Å². The summed E-state index contributed by atoms with van der Waals surface area (Å²) in [5.74, 6) is 0.557. The van der Waals surface area contributed by atoms with E-state index in [1.807, 2.05) is 0 Å². The van der Waals surface area contributed by atoms with E-state index in [1.165, 1.54) is 0 Å². The maximum atomic E-state index is 13.1. The predicted octanol–water partition coefficient (Wildman–Crippen LogP) is 5.30. The Hall–Kier alpha value is -1.97. The first-order valence-electron chi connectivity index (χ1n) is 11.5. The van der Waals surface area contributed by atoms with Crippen molar-refractivity contribution >= 4 is 49.8 Å². The minimum absolute atomic E-state index is 0.0835. The quantitative estimate of drug-likeness (QED) is 0.458. The van der Waals surface area contributed by atoms with Crippen LogP contribution in [0.15, 0.2) is 47.5 Å². The molecule has 0 radical (unpaired) electrons. The lowest BCUT2D eigenvalue weighted by atomic mass is 9.91. The van der Waals surface area contributed by atoms with Crippen molar-refractivity contribution in [3.63, 3.8) is 0 Å². The molecule has 2 aliphatic rings. The maximum Gasteiger partial charge on any atom is 0.262 e. The third kappa shape index (κ3) is 5.02. The van der Waals surface area contributed by atoms with Gasteiger partial charge < -0.3 is 14.5 Å². The van der Waals surface area contributed by atoms with E-state index in [1.54, 1.807) is 42.6 Å². The summed E-state index contributed by atoms with van der Waals surface area (Å²) in [5, 5.41) is 1.45. The van der Waals surface area contributed by atoms with Crippen LogP contribution in [0.1, 0.15) is 25.7 Å². The van der Waals surface area contributed by atoms with Crippen molar-refractivity contribution in [1.29, 1.82) is 0 Å². The summed E-state index contributed by atoms with van der Waals surface area (Å²) >= 11 is 12.4. The molecule has 2 fully saturated rings. The van der Waals surface area contributed by atoms with Gasteiger partial charge in [-0.05, 0) is 49.9 Å². The number of rotatable bonds is 6. The molecule has 2 N–H and O–H groups in total. The van der Waals surface area contributed by atoms with Gasteiger partial charge in [0.15, 0.2) is 0 Å². The molecule has 0 spiro atoms. The molecule has 0 amide bonds. The van der Waals surface area contributed by atoms with Gasteiger partial charge in [-0.2, -0.15) is 0 Å². The summed E-state index contributed by atoms with van der Waals surface area (Å²) in [6.07, 6.45) is 5.73. The molecule has 7 nitrogen and oxygen atoms in total. The molecule has 2 aromatic carbocycles. The van der Waals surface area contributed by atoms with Crippen LogP contribution in [0.3, 0.4) is 0 Å². The van der Waals surface area contributed by atoms with Crippen molar-refractivity contribution in [3.8, 4) is 5.75 Å². The smallest absolute Gasteiger partial charge is 0.262 e. The van der Waals surface area contributed by atoms with Crippen LogP contribution in [0.5, 0.6) is 5.75 Å². The van der Waals surface area contributed by atoms with Gasteiger partial charge in [-0.1, -0.05) is 29.3 Å². The van der Waals surface area contributed by atoms with Crippen LogP contribution in [-0.2, 0) is 14.8 Å². The molecule has 34 heavy (non-hydrogen) atoms. The lowest BCUT2D eigenvalue weighted by Crippen LogP contribution is -2.46. The van der Waals surface area contributed by atoms with E-state index in [-0.39, 0.29) is 11.0 Å². The largest absolute Gasteiger partial charge is 0.490 e. The van der Waals surface area contributed by atoms with E-state index in [4.69, 9.17) is 32.7 Å². The van der Waals surface area contributed by atoms with E-state index >= 15 is 0 Å². The van der Waals surface area contributed by atoms with Gasteiger partial charge in [0.05, 0.1) is 45.5 Å². The maximum absolute atomic E-state index is 13.1. The first-order valence-corrected chi connectivity index (χ1v) is 13.7. The van der Waals surface area contributed by atoms with Gasteiger partial charge in [-0.25, -0.2) is 8.42 Å².